The minimum absolute atomic E-state index is 0.203. The van der Waals surface area contributed by atoms with Gasteiger partial charge in [-0.25, -0.2) is 0 Å². The van der Waals surface area contributed by atoms with Gasteiger partial charge in [0.1, 0.15) is 5.75 Å². The minimum Gasteiger partial charge on any atom is -0.492 e. The molecule has 0 aliphatic rings. The second kappa shape index (κ2) is 9.19. The lowest BCUT2D eigenvalue weighted by atomic mass is 10.2. The number of ether oxygens (including phenoxy) is 1. The summed E-state index contributed by atoms with van der Waals surface area (Å²) in [4.78, 5) is 14.2. The van der Waals surface area contributed by atoms with Crippen LogP contribution in [0.4, 0.5) is 0 Å². The predicted octanol–water partition coefficient (Wildman–Crippen LogP) is 4.82. The van der Waals surface area contributed by atoms with Gasteiger partial charge in [-0.05, 0) is 74.2 Å². The molecule has 0 unspecified atom stereocenters. The summed E-state index contributed by atoms with van der Waals surface area (Å²) in [5.74, 6) is 1.04. The highest BCUT2D eigenvalue weighted by atomic mass is 79.9. The number of benzene rings is 1. The molecule has 0 aliphatic heterocycles. The molecule has 0 saturated heterocycles. The number of hydrogen-bond acceptors (Lipinski definition) is 2. The van der Waals surface area contributed by atoms with Crippen molar-refractivity contribution in [1.82, 2.24) is 4.90 Å². The maximum Gasteiger partial charge on any atom is 0.223 e. The van der Waals surface area contributed by atoms with Crippen molar-refractivity contribution in [2.75, 3.05) is 6.61 Å². The van der Waals surface area contributed by atoms with Crippen molar-refractivity contribution >= 4 is 21.8 Å². The SMILES string of the molecule is CCc1ccc(OCCCC(=O)N(C(C)C)C(C)C)c(Br)c1. The Morgan fingerprint density at radius 3 is 2.36 bits per heavy atom. The lowest BCUT2D eigenvalue weighted by Gasteiger charge is -2.30. The molecule has 0 spiro atoms. The van der Waals surface area contributed by atoms with Gasteiger partial charge in [-0.1, -0.05) is 13.0 Å². The lowest BCUT2D eigenvalue weighted by Crippen LogP contribution is -2.42. The van der Waals surface area contributed by atoms with Crippen LogP contribution in [-0.2, 0) is 11.2 Å². The molecule has 1 aromatic rings. The Hall–Kier alpha value is -1.03. The first-order chi connectivity index (χ1) is 10.4. The highest BCUT2D eigenvalue weighted by Crippen LogP contribution is 2.26. The van der Waals surface area contributed by atoms with E-state index in [0.29, 0.717) is 13.0 Å². The van der Waals surface area contributed by atoms with Gasteiger partial charge in [0.25, 0.3) is 0 Å². The monoisotopic (exact) mass is 369 g/mol. The van der Waals surface area contributed by atoms with E-state index in [4.69, 9.17) is 4.74 Å². The number of halogens is 1. The van der Waals surface area contributed by atoms with E-state index in [1.54, 1.807) is 0 Å². The second-order valence-corrected chi connectivity index (χ2v) is 6.91. The number of amides is 1. The molecule has 1 amide bonds. The average Bonchev–Trinajstić information content (AvgIpc) is 2.43. The zero-order valence-electron chi connectivity index (χ0n) is 14.4. The second-order valence-electron chi connectivity index (χ2n) is 6.06. The van der Waals surface area contributed by atoms with Crippen LogP contribution in [0.5, 0.6) is 5.75 Å². The number of rotatable bonds is 8. The maximum atomic E-state index is 12.2. The summed E-state index contributed by atoms with van der Waals surface area (Å²) >= 11 is 3.53. The van der Waals surface area contributed by atoms with Gasteiger partial charge < -0.3 is 9.64 Å². The fraction of sp³-hybridized carbons (Fsp3) is 0.611. The Morgan fingerprint density at radius 2 is 1.86 bits per heavy atom. The van der Waals surface area contributed by atoms with Crippen LogP contribution in [0, 0.1) is 0 Å². The quantitative estimate of drug-likeness (QED) is 0.615. The van der Waals surface area contributed by atoms with Crippen LogP contribution in [0.25, 0.3) is 0 Å². The summed E-state index contributed by atoms with van der Waals surface area (Å²) in [7, 11) is 0. The van der Waals surface area contributed by atoms with Crippen LogP contribution in [0.15, 0.2) is 22.7 Å². The highest BCUT2D eigenvalue weighted by Gasteiger charge is 2.19. The molecule has 0 aromatic heterocycles. The van der Waals surface area contributed by atoms with Crippen LogP contribution in [0.1, 0.15) is 53.0 Å². The summed E-state index contributed by atoms with van der Waals surface area (Å²) in [5.41, 5.74) is 1.28. The average molecular weight is 370 g/mol. The number of aryl methyl sites for hydroxylation is 1. The van der Waals surface area contributed by atoms with Crippen molar-refractivity contribution in [2.24, 2.45) is 0 Å². The third-order valence-electron chi connectivity index (χ3n) is 3.60. The highest BCUT2D eigenvalue weighted by molar-refractivity contribution is 9.10. The van der Waals surface area contributed by atoms with Crippen molar-refractivity contribution in [3.8, 4) is 5.75 Å². The van der Waals surface area contributed by atoms with Crippen molar-refractivity contribution < 1.29 is 9.53 Å². The van der Waals surface area contributed by atoms with Crippen molar-refractivity contribution in [2.45, 2.75) is 66.0 Å². The first-order valence-corrected chi connectivity index (χ1v) is 8.88. The van der Waals surface area contributed by atoms with Gasteiger partial charge in [0.15, 0.2) is 0 Å². The molecule has 4 heteroatoms. The summed E-state index contributed by atoms with van der Waals surface area (Å²) in [5, 5.41) is 0. The molecule has 0 fully saturated rings. The van der Waals surface area contributed by atoms with Crippen molar-refractivity contribution in [3.05, 3.63) is 28.2 Å². The molecule has 0 bridgehead atoms. The Labute approximate surface area is 143 Å². The fourth-order valence-electron chi connectivity index (χ4n) is 2.59. The Morgan fingerprint density at radius 1 is 1.23 bits per heavy atom. The molecule has 3 nitrogen and oxygen atoms in total. The molecule has 1 aromatic carbocycles. The predicted molar refractivity (Wildman–Crippen MR) is 95.4 cm³/mol. The largest absolute Gasteiger partial charge is 0.492 e. The van der Waals surface area contributed by atoms with E-state index in [-0.39, 0.29) is 18.0 Å². The number of nitrogens with zero attached hydrogens (tertiary/aromatic N) is 1. The van der Waals surface area contributed by atoms with Gasteiger partial charge >= 0.3 is 0 Å². The van der Waals surface area contributed by atoms with Crippen LogP contribution < -0.4 is 4.74 Å². The fourth-order valence-corrected chi connectivity index (χ4v) is 3.13. The normalized spacial score (nSPS) is 11.1. The van der Waals surface area contributed by atoms with Gasteiger partial charge in [0, 0.05) is 18.5 Å². The molecular formula is C18H28BrNO2. The topological polar surface area (TPSA) is 29.5 Å². The van der Waals surface area contributed by atoms with Crippen LogP contribution in [0.2, 0.25) is 0 Å². The van der Waals surface area contributed by atoms with E-state index >= 15 is 0 Å². The summed E-state index contributed by atoms with van der Waals surface area (Å²) in [6, 6.07) is 6.62. The molecule has 0 aliphatic carbocycles. The van der Waals surface area contributed by atoms with Crippen LogP contribution in [-0.4, -0.2) is 29.5 Å². The van der Waals surface area contributed by atoms with Gasteiger partial charge in [-0.3, -0.25) is 4.79 Å². The molecule has 0 N–H and O–H groups in total. The Bertz CT molecular complexity index is 478. The third-order valence-corrected chi connectivity index (χ3v) is 4.22. The summed E-state index contributed by atoms with van der Waals surface area (Å²) < 4.78 is 6.75. The lowest BCUT2D eigenvalue weighted by molar-refractivity contribution is -0.135. The molecule has 1 rings (SSSR count). The Balaban J connectivity index is 2.43. The van der Waals surface area contributed by atoms with E-state index in [1.165, 1.54) is 5.56 Å². The van der Waals surface area contributed by atoms with Crippen molar-refractivity contribution in [3.63, 3.8) is 0 Å². The molecule has 0 radical (unpaired) electrons. The van der Waals surface area contributed by atoms with E-state index < -0.39 is 0 Å². The van der Waals surface area contributed by atoms with Crippen LogP contribution in [0.3, 0.4) is 0 Å². The number of carbonyl (C=O) groups is 1. The van der Waals surface area contributed by atoms with E-state index in [1.807, 2.05) is 11.0 Å². The van der Waals surface area contributed by atoms with Gasteiger partial charge in [0.2, 0.25) is 5.91 Å². The molecular weight excluding hydrogens is 342 g/mol. The van der Waals surface area contributed by atoms with E-state index in [9.17, 15) is 4.79 Å². The Kier molecular flexibility index (Phi) is 7.94. The van der Waals surface area contributed by atoms with Gasteiger partial charge in [0.05, 0.1) is 11.1 Å². The van der Waals surface area contributed by atoms with Gasteiger partial charge in [-0.15, -0.1) is 0 Å². The number of hydrogen-bond donors (Lipinski definition) is 0. The molecule has 124 valence electrons. The van der Waals surface area contributed by atoms with Crippen molar-refractivity contribution in [1.29, 1.82) is 0 Å². The van der Waals surface area contributed by atoms with E-state index in [2.05, 4.69) is 62.7 Å². The molecule has 22 heavy (non-hydrogen) atoms. The molecule has 0 atom stereocenters. The van der Waals surface area contributed by atoms with Crippen LogP contribution >= 0.6 is 15.9 Å². The minimum atomic E-state index is 0.203. The summed E-state index contributed by atoms with van der Waals surface area (Å²) in [6.07, 6.45) is 2.27. The summed E-state index contributed by atoms with van der Waals surface area (Å²) in [6.45, 7) is 10.9. The third kappa shape index (κ3) is 5.64. The van der Waals surface area contributed by atoms with E-state index in [0.717, 1.165) is 23.1 Å². The first kappa shape index (κ1) is 19.0. The van der Waals surface area contributed by atoms with Gasteiger partial charge in [-0.2, -0.15) is 0 Å². The zero-order valence-corrected chi connectivity index (χ0v) is 15.9. The number of carbonyl (C=O) groups excluding carboxylic acids is 1. The smallest absolute Gasteiger partial charge is 0.223 e. The standard InChI is InChI=1S/C18H28BrNO2/c1-6-15-9-10-17(16(19)12-15)22-11-7-8-18(21)20(13(2)3)14(4)5/h9-10,12-14H,6-8,11H2,1-5H3. The first-order valence-electron chi connectivity index (χ1n) is 8.09. The maximum absolute atomic E-state index is 12.2. The molecule has 0 heterocycles. The molecule has 0 saturated carbocycles. The zero-order chi connectivity index (χ0) is 16.7.